The van der Waals surface area contributed by atoms with Crippen LogP contribution in [0.15, 0.2) is 33.6 Å². The highest BCUT2D eigenvalue weighted by molar-refractivity contribution is 6.01. The van der Waals surface area contributed by atoms with E-state index in [4.69, 9.17) is 9.05 Å². The molecule has 3 aromatic rings. The second-order valence-corrected chi connectivity index (χ2v) is 9.12. The third-order valence-electron chi connectivity index (χ3n) is 6.66. The van der Waals surface area contributed by atoms with E-state index in [9.17, 15) is 9.59 Å². The molecule has 0 aromatic carbocycles. The predicted molar refractivity (Wildman–Crippen MR) is 126 cm³/mol. The molecular weight excluding hydrogens is 434 g/mol. The van der Waals surface area contributed by atoms with Crippen LogP contribution in [-0.4, -0.2) is 33.2 Å². The zero-order valence-electron chi connectivity index (χ0n) is 20.1. The number of carbonyl (C=O) groups excluding carboxylic acids is 2. The summed E-state index contributed by atoms with van der Waals surface area (Å²) in [7, 11) is 0. The molecule has 3 heterocycles. The molecule has 1 fully saturated rings. The van der Waals surface area contributed by atoms with Crippen molar-refractivity contribution in [2.24, 2.45) is 11.8 Å². The highest BCUT2D eigenvalue weighted by Gasteiger charge is 2.33. The molecule has 2 amide bonds. The zero-order valence-corrected chi connectivity index (χ0v) is 20.1. The number of nitrogens with zero attached hydrogens (tertiary/aromatic N) is 3. The summed E-state index contributed by atoms with van der Waals surface area (Å²) in [5, 5.41) is 13.7. The van der Waals surface area contributed by atoms with E-state index in [1.807, 2.05) is 26.8 Å². The van der Waals surface area contributed by atoms with Crippen molar-refractivity contribution in [2.75, 3.05) is 5.32 Å². The second kappa shape index (κ2) is 10.2. The standard InChI is InChI=1S/C25H31N5O4/c1-5-20-19(13-33-30-20)24(31)28-23(17-8-6-14(2)7-9-17)25(32)27-21-11-10-18(12-26-21)22-15(3)29-34-16(22)4/h10-14,17,23H,5-9H2,1-4H3,(H,28,31)(H,26,27,32)/t14?,17?,23-/m0/s1. The first-order valence-corrected chi connectivity index (χ1v) is 11.8. The quantitative estimate of drug-likeness (QED) is 0.528. The number of rotatable bonds is 7. The number of aromatic nitrogens is 3. The van der Waals surface area contributed by atoms with E-state index in [-0.39, 0.29) is 17.7 Å². The van der Waals surface area contributed by atoms with Gasteiger partial charge >= 0.3 is 0 Å². The third-order valence-corrected chi connectivity index (χ3v) is 6.66. The van der Waals surface area contributed by atoms with Gasteiger partial charge in [-0.3, -0.25) is 9.59 Å². The number of hydrogen-bond acceptors (Lipinski definition) is 7. The van der Waals surface area contributed by atoms with Crippen molar-refractivity contribution < 1.29 is 18.6 Å². The minimum absolute atomic E-state index is 0.0478. The Morgan fingerprint density at radius 3 is 2.53 bits per heavy atom. The minimum atomic E-state index is -0.677. The average Bonchev–Trinajstić information content (AvgIpc) is 3.45. The van der Waals surface area contributed by atoms with Crippen molar-refractivity contribution in [2.45, 2.75) is 65.8 Å². The largest absolute Gasteiger partial charge is 0.364 e. The number of pyridine rings is 1. The summed E-state index contributed by atoms with van der Waals surface area (Å²) in [5.41, 5.74) is 3.48. The molecule has 0 saturated heterocycles. The fraction of sp³-hybridized carbons (Fsp3) is 0.480. The number of aryl methyl sites for hydroxylation is 3. The fourth-order valence-corrected chi connectivity index (χ4v) is 4.65. The molecule has 0 aliphatic heterocycles. The monoisotopic (exact) mass is 465 g/mol. The molecule has 1 atom stereocenters. The Kier molecular flexibility index (Phi) is 7.09. The summed E-state index contributed by atoms with van der Waals surface area (Å²) in [6.07, 6.45) is 7.40. The maximum atomic E-state index is 13.3. The number of carbonyl (C=O) groups is 2. The van der Waals surface area contributed by atoms with Gasteiger partial charge in [0.25, 0.3) is 5.91 Å². The lowest BCUT2D eigenvalue weighted by Gasteiger charge is -2.32. The van der Waals surface area contributed by atoms with E-state index in [2.05, 4.69) is 32.9 Å². The maximum absolute atomic E-state index is 13.3. The molecule has 4 rings (SSSR count). The van der Waals surface area contributed by atoms with Crippen molar-refractivity contribution in [1.29, 1.82) is 0 Å². The molecule has 9 nitrogen and oxygen atoms in total. The third kappa shape index (κ3) is 5.03. The fourth-order valence-electron chi connectivity index (χ4n) is 4.65. The van der Waals surface area contributed by atoms with Crippen LogP contribution in [0.3, 0.4) is 0 Å². The van der Waals surface area contributed by atoms with Gasteiger partial charge in [-0.2, -0.15) is 0 Å². The highest BCUT2D eigenvalue weighted by Crippen LogP contribution is 2.31. The Hall–Kier alpha value is -3.49. The van der Waals surface area contributed by atoms with Gasteiger partial charge in [0.15, 0.2) is 0 Å². The molecule has 2 N–H and O–H groups in total. The minimum Gasteiger partial charge on any atom is -0.364 e. The first-order chi connectivity index (χ1) is 16.4. The van der Waals surface area contributed by atoms with Crippen molar-refractivity contribution in [1.82, 2.24) is 20.6 Å². The van der Waals surface area contributed by atoms with Crippen molar-refractivity contribution in [3.05, 3.63) is 47.3 Å². The van der Waals surface area contributed by atoms with E-state index < -0.39 is 6.04 Å². The lowest BCUT2D eigenvalue weighted by atomic mass is 9.79. The predicted octanol–water partition coefficient (Wildman–Crippen LogP) is 4.47. The van der Waals surface area contributed by atoms with Crippen LogP contribution in [0.4, 0.5) is 5.82 Å². The number of amides is 2. The summed E-state index contributed by atoms with van der Waals surface area (Å²) in [6, 6.07) is 2.94. The van der Waals surface area contributed by atoms with Crippen LogP contribution in [0, 0.1) is 25.7 Å². The van der Waals surface area contributed by atoms with Crippen molar-refractivity contribution in [3.63, 3.8) is 0 Å². The summed E-state index contributed by atoms with van der Waals surface area (Å²) >= 11 is 0. The topological polar surface area (TPSA) is 123 Å². The van der Waals surface area contributed by atoms with Crippen LogP contribution in [0.2, 0.25) is 0 Å². The van der Waals surface area contributed by atoms with Gasteiger partial charge in [-0.25, -0.2) is 4.98 Å². The van der Waals surface area contributed by atoms with Crippen LogP contribution in [-0.2, 0) is 11.2 Å². The molecule has 0 spiro atoms. The summed E-state index contributed by atoms with van der Waals surface area (Å²) in [5.74, 6) is 1.18. The van der Waals surface area contributed by atoms with Gasteiger partial charge in [0.2, 0.25) is 5.91 Å². The Balaban J connectivity index is 1.51. The lowest BCUT2D eigenvalue weighted by Crippen LogP contribution is -2.49. The molecule has 180 valence electrons. The Morgan fingerprint density at radius 2 is 1.91 bits per heavy atom. The Morgan fingerprint density at radius 1 is 1.15 bits per heavy atom. The molecule has 34 heavy (non-hydrogen) atoms. The average molecular weight is 466 g/mol. The lowest BCUT2D eigenvalue weighted by molar-refractivity contribution is -0.119. The van der Waals surface area contributed by atoms with Crippen LogP contribution in [0.1, 0.15) is 67.0 Å². The highest BCUT2D eigenvalue weighted by atomic mass is 16.5. The molecule has 1 aliphatic rings. The Bertz CT molecular complexity index is 1120. The molecule has 0 unspecified atom stereocenters. The smallest absolute Gasteiger partial charge is 0.257 e. The van der Waals surface area contributed by atoms with E-state index in [1.54, 1.807) is 12.3 Å². The van der Waals surface area contributed by atoms with Crippen molar-refractivity contribution >= 4 is 17.6 Å². The SMILES string of the molecule is CCc1nocc1C(=O)N[C@H](C(=O)Nc1ccc(-c2c(C)noc2C)cn1)C1CCC(C)CC1. The van der Waals surface area contributed by atoms with Crippen LogP contribution < -0.4 is 10.6 Å². The number of hydrogen-bond donors (Lipinski definition) is 2. The van der Waals surface area contributed by atoms with E-state index in [0.29, 0.717) is 35.2 Å². The van der Waals surface area contributed by atoms with Crippen LogP contribution >= 0.6 is 0 Å². The summed E-state index contributed by atoms with van der Waals surface area (Å²) in [4.78, 5) is 30.7. The Labute approximate surface area is 198 Å². The summed E-state index contributed by atoms with van der Waals surface area (Å²) in [6.45, 7) is 7.85. The van der Waals surface area contributed by atoms with E-state index in [1.165, 1.54) is 6.26 Å². The van der Waals surface area contributed by atoms with Crippen molar-refractivity contribution in [3.8, 4) is 11.1 Å². The molecule has 0 radical (unpaired) electrons. The number of anilines is 1. The molecular formula is C25H31N5O4. The van der Waals surface area contributed by atoms with E-state index in [0.717, 1.165) is 42.5 Å². The second-order valence-electron chi connectivity index (χ2n) is 9.12. The van der Waals surface area contributed by atoms with Gasteiger partial charge in [-0.05, 0) is 57.1 Å². The maximum Gasteiger partial charge on any atom is 0.257 e. The molecule has 0 bridgehead atoms. The normalized spacial score (nSPS) is 18.9. The summed E-state index contributed by atoms with van der Waals surface area (Å²) < 4.78 is 10.2. The van der Waals surface area contributed by atoms with Gasteiger partial charge in [-0.1, -0.05) is 37.0 Å². The van der Waals surface area contributed by atoms with Gasteiger partial charge in [0, 0.05) is 17.3 Å². The van der Waals surface area contributed by atoms with Gasteiger partial charge in [0.05, 0.1) is 11.4 Å². The van der Waals surface area contributed by atoms with Crippen LogP contribution in [0.5, 0.6) is 0 Å². The molecule has 3 aromatic heterocycles. The van der Waals surface area contributed by atoms with Gasteiger partial charge in [0.1, 0.15) is 29.4 Å². The van der Waals surface area contributed by atoms with Gasteiger partial charge in [-0.15, -0.1) is 0 Å². The van der Waals surface area contributed by atoms with Crippen LogP contribution in [0.25, 0.3) is 11.1 Å². The number of nitrogens with one attached hydrogen (secondary N) is 2. The molecule has 9 heteroatoms. The van der Waals surface area contributed by atoms with E-state index >= 15 is 0 Å². The zero-order chi connectivity index (χ0) is 24.2. The first-order valence-electron chi connectivity index (χ1n) is 11.8. The molecule has 1 aliphatic carbocycles. The van der Waals surface area contributed by atoms with Gasteiger partial charge < -0.3 is 19.7 Å². The molecule has 1 saturated carbocycles. The first kappa shape index (κ1) is 23.7.